The first kappa shape index (κ1) is 15.1. The summed E-state index contributed by atoms with van der Waals surface area (Å²) in [6.07, 6.45) is 0. The van der Waals surface area contributed by atoms with Crippen LogP contribution in [0.4, 0.5) is 11.4 Å². The summed E-state index contributed by atoms with van der Waals surface area (Å²) in [7, 11) is 0. The molecule has 0 fully saturated rings. The van der Waals surface area contributed by atoms with Gasteiger partial charge in [0, 0.05) is 15.7 Å². The second-order valence-electron chi connectivity index (χ2n) is 4.52. The van der Waals surface area contributed by atoms with Crippen molar-refractivity contribution in [3.05, 3.63) is 57.6 Å². The maximum atomic E-state index is 12.3. The molecule has 21 heavy (non-hydrogen) atoms. The zero-order chi connectivity index (χ0) is 15.6. The molecule has 4 N–H and O–H groups in total. The number of carboxylic acids is 1. The monoisotopic (exact) mass is 348 g/mol. The number of aromatic carboxylic acids is 1. The van der Waals surface area contributed by atoms with E-state index in [0.29, 0.717) is 11.3 Å². The number of aryl methyl sites for hydroxylation is 1. The Labute approximate surface area is 129 Å². The lowest BCUT2D eigenvalue weighted by Gasteiger charge is -2.11. The van der Waals surface area contributed by atoms with E-state index in [0.717, 1.165) is 10.0 Å². The van der Waals surface area contributed by atoms with Crippen LogP contribution >= 0.6 is 15.9 Å². The first-order valence-electron chi connectivity index (χ1n) is 6.09. The van der Waals surface area contributed by atoms with Crippen LogP contribution in [0.2, 0.25) is 0 Å². The topological polar surface area (TPSA) is 92.4 Å². The summed E-state index contributed by atoms with van der Waals surface area (Å²) in [5.74, 6) is -1.51. The molecule has 2 aromatic rings. The molecule has 1 amide bonds. The van der Waals surface area contributed by atoms with Crippen LogP contribution in [0.25, 0.3) is 0 Å². The molecule has 5 nitrogen and oxygen atoms in total. The van der Waals surface area contributed by atoms with E-state index in [1.807, 2.05) is 6.07 Å². The molecule has 6 heteroatoms. The summed E-state index contributed by atoms with van der Waals surface area (Å²) < 4.78 is 0.867. The Morgan fingerprint density at radius 3 is 2.43 bits per heavy atom. The molecular weight excluding hydrogens is 336 g/mol. The van der Waals surface area contributed by atoms with Gasteiger partial charge in [-0.05, 0) is 48.9 Å². The highest BCUT2D eigenvalue weighted by atomic mass is 79.9. The molecule has 0 bridgehead atoms. The molecule has 0 heterocycles. The van der Waals surface area contributed by atoms with Gasteiger partial charge in [-0.25, -0.2) is 4.79 Å². The minimum Gasteiger partial charge on any atom is -0.478 e. The number of nitrogens with two attached hydrogens (primary N) is 1. The SMILES string of the molecule is Cc1cc(Br)ccc1C(=O)Nc1cc(N)ccc1C(=O)O. The number of nitrogen functional groups attached to an aromatic ring is 1. The Balaban J connectivity index is 2.35. The molecule has 0 unspecified atom stereocenters. The van der Waals surface area contributed by atoms with E-state index in [2.05, 4.69) is 21.2 Å². The van der Waals surface area contributed by atoms with Crippen LogP contribution in [-0.4, -0.2) is 17.0 Å². The Hall–Kier alpha value is -2.34. The zero-order valence-electron chi connectivity index (χ0n) is 11.2. The van der Waals surface area contributed by atoms with E-state index in [1.54, 1.807) is 19.1 Å². The number of benzene rings is 2. The number of amides is 1. The fourth-order valence-electron chi connectivity index (χ4n) is 1.92. The number of carbonyl (C=O) groups excluding carboxylic acids is 1. The first-order valence-corrected chi connectivity index (χ1v) is 6.88. The van der Waals surface area contributed by atoms with E-state index in [9.17, 15) is 9.59 Å². The summed E-state index contributed by atoms with van der Waals surface area (Å²) in [6, 6.07) is 9.49. The van der Waals surface area contributed by atoms with Crippen molar-refractivity contribution in [1.82, 2.24) is 0 Å². The van der Waals surface area contributed by atoms with Gasteiger partial charge in [0.2, 0.25) is 0 Å². The van der Waals surface area contributed by atoms with Crippen LogP contribution in [0.1, 0.15) is 26.3 Å². The van der Waals surface area contributed by atoms with Crippen molar-refractivity contribution >= 4 is 39.2 Å². The molecule has 0 saturated carbocycles. The van der Waals surface area contributed by atoms with Gasteiger partial charge in [0.05, 0.1) is 11.3 Å². The molecule has 0 aliphatic heterocycles. The maximum absolute atomic E-state index is 12.3. The van der Waals surface area contributed by atoms with Crippen molar-refractivity contribution in [3.63, 3.8) is 0 Å². The summed E-state index contributed by atoms with van der Waals surface area (Å²) >= 11 is 3.33. The number of hydrogen-bond donors (Lipinski definition) is 3. The van der Waals surface area contributed by atoms with Crippen LogP contribution in [0.5, 0.6) is 0 Å². The van der Waals surface area contributed by atoms with E-state index in [1.165, 1.54) is 18.2 Å². The lowest BCUT2D eigenvalue weighted by atomic mass is 10.1. The molecule has 0 aliphatic rings. The molecule has 0 aromatic heterocycles. The molecule has 0 atom stereocenters. The minimum atomic E-state index is -1.13. The third kappa shape index (κ3) is 3.41. The summed E-state index contributed by atoms with van der Waals surface area (Å²) in [4.78, 5) is 23.4. The third-order valence-electron chi connectivity index (χ3n) is 2.96. The van der Waals surface area contributed by atoms with Gasteiger partial charge in [0.1, 0.15) is 0 Å². The molecule has 0 aliphatic carbocycles. The lowest BCUT2D eigenvalue weighted by molar-refractivity contribution is 0.0698. The molecule has 2 aromatic carbocycles. The van der Waals surface area contributed by atoms with Crippen LogP contribution in [0, 0.1) is 6.92 Å². The average Bonchev–Trinajstić information content (AvgIpc) is 2.37. The standard InChI is InChI=1S/C15H13BrN2O3/c1-8-6-9(16)2-4-11(8)14(19)18-13-7-10(17)3-5-12(13)15(20)21/h2-7H,17H2,1H3,(H,18,19)(H,20,21). The normalized spacial score (nSPS) is 10.2. The molecule has 108 valence electrons. The van der Waals surface area contributed by atoms with Crippen molar-refractivity contribution < 1.29 is 14.7 Å². The predicted molar refractivity (Wildman–Crippen MR) is 84.6 cm³/mol. The van der Waals surface area contributed by atoms with Gasteiger partial charge in [-0.15, -0.1) is 0 Å². The fourth-order valence-corrected chi connectivity index (χ4v) is 2.40. The number of nitrogens with one attached hydrogen (secondary N) is 1. The summed E-state index contributed by atoms with van der Waals surface area (Å²) in [6.45, 7) is 1.80. The number of anilines is 2. The predicted octanol–water partition coefficient (Wildman–Crippen LogP) is 3.29. The highest BCUT2D eigenvalue weighted by molar-refractivity contribution is 9.10. The van der Waals surface area contributed by atoms with Gasteiger partial charge >= 0.3 is 5.97 Å². The Kier molecular flexibility index (Phi) is 4.28. The molecule has 0 radical (unpaired) electrons. The van der Waals surface area contributed by atoms with Crippen molar-refractivity contribution in [2.24, 2.45) is 0 Å². The van der Waals surface area contributed by atoms with Gasteiger partial charge in [0.25, 0.3) is 5.91 Å². The van der Waals surface area contributed by atoms with E-state index < -0.39 is 5.97 Å². The third-order valence-corrected chi connectivity index (χ3v) is 3.45. The maximum Gasteiger partial charge on any atom is 0.337 e. The number of carbonyl (C=O) groups is 2. The van der Waals surface area contributed by atoms with Crippen LogP contribution < -0.4 is 11.1 Å². The zero-order valence-corrected chi connectivity index (χ0v) is 12.8. The highest BCUT2D eigenvalue weighted by Crippen LogP contribution is 2.22. The van der Waals surface area contributed by atoms with Crippen LogP contribution in [-0.2, 0) is 0 Å². The lowest BCUT2D eigenvalue weighted by Crippen LogP contribution is -2.16. The largest absolute Gasteiger partial charge is 0.478 e. The second kappa shape index (κ2) is 5.97. The number of rotatable bonds is 3. The van der Waals surface area contributed by atoms with Crippen molar-refractivity contribution in [3.8, 4) is 0 Å². The molecule has 2 rings (SSSR count). The van der Waals surface area contributed by atoms with Gasteiger partial charge in [0.15, 0.2) is 0 Å². The number of halogens is 1. The second-order valence-corrected chi connectivity index (χ2v) is 5.44. The van der Waals surface area contributed by atoms with Gasteiger partial charge < -0.3 is 16.2 Å². The highest BCUT2D eigenvalue weighted by Gasteiger charge is 2.15. The average molecular weight is 349 g/mol. The quantitative estimate of drug-likeness (QED) is 0.742. The van der Waals surface area contributed by atoms with Gasteiger partial charge in [-0.1, -0.05) is 15.9 Å². The first-order chi connectivity index (χ1) is 9.88. The number of carboxylic acid groups (broad SMARTS) is 1. The Morgan fingerprint density at radius 1 is 1.14 bits per heavy atom. The summed E-state index contributed by atoms with van der Waals surface area (Å²) in [5, 5.41) is 11.7. The van der Waals surface area contributed by atoms with Crippen molar-refractivity contribution in [2.45, 2.75) is 6.92 Å². The molecule has 0 saturated heterocycles. The van der Waals surface area contributed by atoms with Crippen LogP contribution in [0.15, 0.2) is 40.9 Å². The fraction of sp³-hybridized carbons (Fsp3) is 0.0667. The van der Waals surface area contributed by atoms with E-state index >= 15 is 0 Å². The minimum absolute atomic E-state index is 0.00712. The summed E-state index contributed by atoms with van der Waals surface area (Å²) in [5.41, 5.74) is 7.44. The van der Waals surface area contributed by atoms with Gasteiger partial charge in [-0.3, -0.25) is 4.79 Å². The smallest absolute Gasteiger partial charge is 0.337 e. The van der Waals surface area contributed by atoms with Crippen LogP contribution in [0.3, 0.4) is 0 Å². The van der Waals surface area contributed by atoms with E-state index in [-0.39, 0.29) is 17.2 Å². The Morgan fingerprint density at radius 2 is 1.81 bits per heavy atom. The Bertz CT molecular complexity index is 729. The molecular formula is C15H13BrN2O3. The van der Waals surface area contributed by atoms with Crippen molar-refractivity contribution in [1.29, 1.82) is 0 Å². The van der Waals surface area contributed by atoms with E-state index in [4.69, 9.17) is 10.8 Å². The molecule has 0 spiro atoms. The van der Waals surface area contributed by atoms with Crippen molar-refractivity contribution in [2.75, 3.05) is 11.1 Å². The van der Waals surface area contributed by atoms with Gasteiger partial charge in [-0.2, -0.15) is 0 Å². The number of hydrogen-bond acceptors (Lipinski definition) is 3.